The highest BCUT2D eigenvalue weighted by molar-refractivity contribution is 5.95. The monoisotopic (exact) mass is 457 g/mol. The van der Waals surface area contributed by atoms with Gasteiger partial charge in [0.2, 0.25) is 11.9 Å². The summed E-state index contributed by atoms with van der Waals surface area (Å²) >= 11 is 0. The number of primary amides is 1. The van der Waals surface area contributed by atoms with Gasteiger partial charge in [0.1, 0.15) is 17.5 Å². The van der Waals surface area contributed by atoms with Gasteiger partial charge in [0.25, 0.3) is 5.91 Å². The van der Waals surface area contributed by atoms with Crippen molar-refractivity contribution < 1.29 is 9.59 Å². The molecule has 0 aliphatic heterocycles. The number of likely N-dealkylation sites (N-methyl/N-ethyl adjacent to an activating group) is 1. The van der Waals surface area contributed by atoms with Gasteiger partial charge in [0.05, 0.1) is 12.1 Å². The third-order valence-electron chi connectivity index (χ3n) is 5.69. The summed E-state index contributed by atoms with van der Waals surface area (Å²) in [4.78, 5) is 34.5. The number of benzene rings is 1. The summed E-state index contributed by atoms with van der Waals surface area (Å²) in [6.45, 7) is 7.37. The first-order chi connectivity index (χ1) is 16.4. The number of amides is 2. The molecule has 1 aromatic heterocycles. The number of nitrogens with zero attached hydrogens (tertiary/aromatic N) is 4. The Morgan fingerprint density at radius 2 is 2.00 bits per heavy atom. The first-order valence-electron chi connectivity index (χ1n) is 10.8. The lowest BCUT2D eigenvalue weighted by molar-refractivity contribution is -0.121. The van der Waals surface area contributed by atoms with E-state index in [0.29, 0.717) is 29.2 Å². The van der Waals surface area contributed by atoms with Gasteiger partial charge < -0.3 is 21.3 Å². The molecule has 2 unspecified atom stereocenters. The average molecular weight is 458 g/mol. The number of carbonyl (C=O) groups is 2. The fourth-order valence-corrected chi connectivity index (χ4v) is 3.86. The molecular formula is C25H27N7O2. The first-order valence-corrected chi connectivity index (χ1v) is 10.8. The number of nitrogens with one attached hydrogen (secondary N) is 2. The minimum Gasteiger partial charge on any atom is -0.369 e. The van der Waals surface area contributed by atoms with Crippen LogP contribution in [0.2, 0.25) is 0 Å². The van der Waals surface area contributed by atoms with Crippen LogP contribution in [0, 0.1) is 17.2 Å². The van der Waals surface area contributed by atoms with Gasteiger partial charge in [-0.05, 0) is 49.3 Å². The standard InChI is InChI=1S/C25H27N7O2/c1-4-7-19(5-2)32(3)24(34)16-10-12-18(13-11-16)29-25-28-15-17(14-26)23(31-25)30-21-9-6-8-20(21)22(27)33/h4-5,7,10-13,15,20-21H,1-2,6,8-9H2,3H3,(H2,27,33)(H2,28,29,30,31)/b19-7+. The van der Waals surface area contributed by atoms with Crippen LogP contribution in [-0.2, 0) is 4.79 Å². The molecule has 9 nitrogen and oxygen atoms in total. The van der Waals surface area contributed by atoms with Crippen molar-refractivity contribution in [1.29, 1.82) is 5.26 Å². The molecule has 2 amide bonds. The molecule has 2 aromatic rings. The van der Waals surface area contributed by atoms with Crippen LogP contribution in [0.1, 0.15) is 35.2 Å². The highest BCUT2D eigenvalue weighted by atomic mass is 16.2. The molecule has 0 spiro atoms. The van der Waals surface area contributed by atoms with E-state index >= 15 is 0 Å². The van der Waals surface area contributed by atoms with Crippen LogP contribution in [0.15, 0.2) is 67.5 Å². The molecule has 1 heterocycles. The van der Waals surface area contributed by atoms with E-state index in [4.69, 9.17) is 5.73 Å². The van der Waals surface area contributed by atoms with Crippen LogP contribution in [-0.4, -0.2) is 39.8 Å². The third-order valence-corrected chi connectivity index (χ3v) is 5.69. The molecule has 1 aromatic carbocycles. The van der Waals surface area contributed by atoms with Crippen molar-refractivity contribution >= 4 is 29.3 Å². The maximum Gasteiger partial charge on any atom is 0.258 e. The van der Waals surface area contributed by atoms with Crippen molar-refractivity contribution in [2.24, 2.45) is 11.7 Å². The normalized spacial score (nSPS) is 17.4. The minimum absolute atomic E-state index is 0.176. The lowest BCUT2D eigenvalue weighted by Crippen LogP contribution is -2.34. The van der Waals surface area contributed by atoms with Crippen LogP contribution in [0.5, 0.6) is 0 Å². The molecule has 4 N–H and O–H groups in total. The van der Waals surface area contributed by atoms with E-state index in [0.717, 1.165) is 12.8 Å². The second-order valence-electron chi connectivity index (χ2n) is 7.86. The van der Waals surface area contributed by atoms with Crippen LogP contribution in [0.3, 0.4) is 0 Å². The highest BCUT2D eigenvalue weighted by Gasteiger charge is 2.32. The van der Waals surface area contributed by atoms with Crippen LogP contribution in [0.25, 0.3) is 0 Å². The summed E-state index contributed by atoms with van der Waals surface area (Å²) in [6, 6.07) is 8.74. The molecule has 3 rings (SSSR count). The predicted molar refractivity (Wildman–Crippen MR) is 131 cm³/mol. The largest absolute Gasteiger partial charge is 0.369 e. The number of hydrogen-bond acceptors (Lipinski definition) is 7. The van der Waals surface area contributed by atoms with Crippen molar-refractivity contribution in [2.45, 2.75) is 25.3 Å². The second-order valence-corrected chi connectivity index (χ2v) is 7.86. The average Bonchev–Trinajstić information content (AvgIpc) is 3.31. The summed E-state index contributed by atoms with van der Waals surface area (Å²) in [5, 5.41) is 15.7. The summed E-state index contributed by atoms with van der Waals surface area (Å²) in [6.07, 6.45) is 8.65. The maximum absolute atomic E-state index is 12.7. The first kappa shape index (κ1) is 24.2. The molecule has 174 valence electrons. The number of rotatable bonds is 9. The number of nitrogens with two attached hydrogens (primary N) is 1. The van der Waals surface area contributed by atoms with E-state index < -0.39 is 0 Å². The molecule has 0 saturated heterocycles. The molecule has 0 radical (unpaired) electrons. The number of aromatic nitrogens is 2. The van der Waals surface area contributed by atoms with Gasteiger partial charge in [0.15, 0.2) is 0 Å². The van der Waals surface area contributed by atoms with E-state index in [9.17, 15) is 14.9 Å². The van der Waals surface area contributed by atoms with Gasteiger partial charge in [-0.2, -0.15) is 10.2 Å². The Kier molecular flexibility index (Phi) is 7.77. The Hall–Kier alpha value is -4.45. The van der Waals surface area contributed by atoms with Crippen LogP contribution >= 0.6 is 0 Å². The Bertz CT molecular complexity index is 1160. The van der Waals surface area contributed by atoms with E-state index in [1.165, 1.54) is 11.1 Å². The summed E-state index contributed by atoms with van der Waals surface area (Å²) in [7, 11) is 1.66. The fourth-order valence-electron chi connectivity index (χ4n) is 3.86. The minimum atomic E-state index is -0.360. The second kappa shape index (κ2) is 10.9. The van der Waals surface area contributed by atoms with E-state index in [2.05, 4.69) is 39.8 Å². The maximum atomic E-state index is 12.7. The van der Waals surface area contributed by atoms with Gasteiger partial charge in [0, 0.05) is 30.0 Å². The Balaban J connectivity index is 1.75. The van der Waals surface area contributed by atoms with Crippen molar-refractivity contribution in [3.63, 3.8) is 0 Å². The van der Waals surface area contributed by atoms with E-state index in [-0.39, 0.29) is 35.3 Å². The topological polar surface area (TPSA) is 137 Å². The van der Waals surface area contributed by atoms with Crippen molar-refractivity contribution in [1.82, 2.24) is 14.9 Å². The lowest BCUT2D eigenvalue weighted by Gasteiger charge is -2.20. The molecule has 1 aliphatic carbocycles. The van der Waals surface area contributed by atoms with Gasteiger partial charge in [-0.3, -0.25) is 9.59 Å². The smallest absolute Gasteiger partial charge is 0.258 e. The Morgan fingerprint density at radius 3 is 2.62 bits per heavy atom. The Morgan fingerprint density at radius 1 is 1.26 bits per heavy atom. The molecule has 1 aliphatic rings. The highest BCUT2D eigenvalue weighted by Crippen LogP contribution is 2.29. The van der Waals surface area contributed by atoms with Gasteiger partial charge in [-0.15, -0.1) is 0 Å². The zero-order valence-corrected chi connectivity index (χ0v) is 19.0. The predicted octanol–water partition coefficient (Wildman–Crippen LogP) is 3.49. The van der Waals surface area contributed by atoms with Gasteiger partial charge in [-0.1, -0.05) is 25.7 Å². The zero-order chi connectivity index (χ0) is 24.7. The number of allylic oxidation sites excluding steroid dienone is 3. The number of nitriles is 1. The summed E-state index contributed by atoms with van der Waals surface area (Å²) < 4.78 is 0. The van der Waals surface area contributed by atoms with E-state index in [1.807, 2.05) is 0 Å². The fraction of sp³-hybridized carbons (Fsp3) is 0.240. The van der Waals surface area contributed by atoms with Gasteiger partial charge >= 0.3 is 0 Å². The molecule has 2 atom stereocenters. The molecule has 0 bridgehead atoms. The zero-order valence-electron chi connectivity index (χ0n) is 19.0. The van der Waals surface area contributed by atoms with E-state index in [1.54, 1.807) is 49.5 Å². The number of anilines is 3. The molecule has 9 heteroatoms. The third kappa shape index (κ3) is 5.48. The number of hydrogen-bond donors (Lipinski definition) is 3. The quantitative estimate of drug-likeness (QED) is 0.490. The Labute approximate surface area is 198 Å². The molecule has 1 saturated carbocycles. The van der Waals surface area contributed by atoms with Crippen molar-refractivity contribution in [2.75, 3.05) is 17.7 Å². The molecule has 1 fully saturated rings. The van der Waals surface area contributed by atoms with Crippen molar-refractivity contribution in [3.05, 3.63) is 78.7 Å². The summed E-state index contributed by atoms with van der Waals surface area (Å²) in [5.74, 6) is -0.238. The number of carbonyl (C=O) groups excluding carboxylic acids is 2. The lowest BCUT2D eigenvalue weighted by atomic mass is 10.0. The van der Waals surface area contributed by atoms with Crippen LogP contribution < -0.4 is 16.4 Å². The van der Waals surface area contributed by atoms with Crippen LogP contribution in [0.4, 0.5) is 17.5 Å². The SMILES string of the molecule is C=C/C=C(\C=C)N(C)C(=O)c1ccc(Nc2ncc(C#N)c(NC3CCCC3C(N)=O)n2)cc1. The molecular weight excluding hydrogens is 430 g/mol. The summed E-state index contributed by atoms with van der Waals surface area (Å²) in [5.41, 5.74) is 7.57. The molecule has 34 heavy (non-hydrogen) atoms. The van der Waals surface area contributed by atoms with Crippen molar-refractivity contribution in [3.8, 4) is 6.07 Å². The van der Waals surface area contributed by atoms with Gasteiger partial charge in [-0.25, -0.2) is 4.98 Å².